The number of sulfonamides is 1. The smallest absolute Gasteiger partial charge is 0.250 e. The van der Waals surface area contributed by atoms with Crippen LogP contribution in [0.1, 0.15) is 19.4 Å². The average Bonchev–Trinajstić information content (AvgIpc) is 2.96. The van der Waals surface area contributed by atoms with Gasteiger partial charge in [0, 0.05) is 11.7 Å². The summed E-state index contributed by atoms with van der Waals surface area (Å²) in [6.45, 7) is 3.60. The van der Waals surface area contributed by atoms with E-state index in [0.29, 0.717) is 11.4 Å². The van der Waals surface area contributed by atoms with Gasteiger partial charge in [0.25, 0.3) is 5.91 Å². The Bertz CT molecular complexity index is 941. The van der Waals surface area contributed by atoms with E-state index >= 15 is 0 Å². The van der Waals surface area contributed by atoms with Crippen molar-refractivity contribution in [1.82, 2.24) is 0 Å². The van der Waals surface area contributed by atoms with Gasteiger partial charge in [-0.25, -0.2) is 8.42 Å². The van der Waals surface area contributed by atoms with Crippen molar-refractivity contribution in [3.63, 3.8) is 0 Å². The van der Waals surface area contributed by atoms with E-state index in [2.05, 4.69) is 0 Å². The van der Waals surface area contributed by atoms with Crippen LogP contribution in [0, 0.1) is 0 Å². The number of rotatable bonds is 5. The van der Waals surface area contributed by atoms with Crippen molar-refractivity contribution < 1.29 is 17.9 Å². The number of fused-ring (bicyclic) bond motifs is 1. The lowest BCUT2D eigenvalue weighted by molar-refractivity contribution is -0.119. The number of hydrogen-bond acceptors (Lipinski definition) is 4. The predicted octanol–water partition coefficient (Wildman–Crippen LogP) is 2.83. The number of amides is 1. The lowest BCUT2D eigenvalue weighted by Gasteiger charge is -2.33. The fraction of sp³-hybridized carbons (Fsp3) is 0.350. The van der Waals surface area contributed by atoms with Crippen molar-refractivity contribution in [3.8, 4) is 5.75 Å². The second-order valence-corrected chi connectivity index (χ2v) is 8.68. The van der Waals surface area contributed by atoms with E-state index in [9.17, 15) is 13.2 Å². The molecule has 0 radical (unpaired) electrons. The van der Waals surface area contributed by atoms with Gasteiger partial charge in [-0.3, -0.25) is 9.10 Å². The van der Waals surface area contributed by atoms with Crippen molar-refractivity contribution >= 4 is 27.3 Å². The fourth-order valence-corrected chi connectivity index (χ4v) is 4.80. The highest BCUT2D eigenvalue weighted by Crippen LogP contribution is 2.34. The van der Waals surface area contributed by atoms with Gasteiger partial charge in [-0.1, -0.05) is 18.2 Å². The Morgan fingerprint density at radius 1 is 1.19 bits per heavy atom. The van der Waals surface area contributed by atoms with Crippen molar-refractivity contribution in [2.24, 2.45) is 0 Å². The average molecular weight is 388 g/mol. The topological polar surface area (TPSA) is 66.9 Å². The molecule has 0 saturated heterocycles. The Hall–Kier alpha value is -2.54. The van der Waals surface area contributed by atoms with Crippen molar-refractivity contribution in [3.05, 3.63) is 54.1 Å². The number of ether oxygens (including phenoxy) is 1. The summed E-state index contributed by atoms with van der Waals surface area (Å²) in [7, 11) is -2.12. The van der Waals surface area contributed by atoms with E-state index in [4.69, 9.17) is 4.74 Å². The second kappa shape index (κ2) is 7.23. The van der Waals surface area contributed by atoms with E-state index < -0.39 is 16.1 Å². The zero-order valence-corrected chi connectivity index (χ0v) is 16.7. The molecule has 1 aliphatic rings. The number of hydrogen-bond donors (Lipinski definition) is 0. The minimum atomic E-state index is -3.66. The fourth-order valence-electron chi connectivity index (χ4n) is 3.63. The maximum atomic E-state index is 13.3. The van der Waals surface area contributed by atoms with Crippen LogP contribution in [0.2, 0.25) is 0 Å². The quantitative estimate of drug-likeness (QED) is 0.790. The molecular weight excluding hydrogens is 364 g/mol. The first-order valence-corrected chi connectivity index (χ1v) is 10.6. The molecule has 1 amide bonds. The van der Waals surface area contributed by atoms with Gasteiger partial charge in [-0.15, -0.1) is 0 Å². The van der Waals surface area contributed by atoms with Crippen LogP contribution >= 0.6 is 0 Å². The summed E-state index contributed by atoms with van der Waals surface area (Å²) in [6, 6.07) is 13.5. The largest absolute Gasteiger partial charge is 0.497 e. The summed E-state index contributed by atoms with van der Waals surface area (Å²) >= 11 is 0. The number of carbonyl (C=O) groups excluding carboxylic acids is 1. The van der Waals surface area contributed by atoms with Gasteiger partial charge in [0.15, 0.2) is 0 Å². The van der Waals surface area contributed by atoms with Crippen LogP contribution in [0.15, 0.2) is 48.5 Å². The summed E-state index contributed by atoms with van der Waals surface area (Å²) < 4.78 is 31.3. The van der Waals surface area contributed by atoms with Crippen LogP contribution in [0.4, 0.5) is 11.4 Å². The van der Waals surface area contributed by atoms with E-state index in [1.165, 1.54) is 4.31 Å². The Morgan fingerprint density at radius 3 is 2.41 bits per heavy atom. The number of methoxy groups -OCH3 is 1. The molecule has 0 aliphatic carbocycles. The summed E-state index contributed by atoms with van der Waals surface area (Å²) in [4.78, 5) is 15.0. The predicted molar refractivity (Wildman–Crippen MR) is 107 cm³/mol. The zero-order valence-electron chi connectivity index (χ0n) is 15.9. The molecule has 144 valence electrons. The zero-order chi connectivity index (χ0) is 19.8. The Morgan fingerprint density at radius 2 is 1.81 bits per heavy atom. The molecule has 2 aromatic carbocycles. The number of nitrogens with zero attached hydrogens (tertiary/aromatic N) is 2. The molecule has 3 rings (SSSR count). The van der Waals surface area contributed by atoms with Gasteiger partial charge in [0.05, 0.1) is 19.1 Å². The van der Waals surface area contributed by atoms with E-state index in [1.807, 2.05) is 31.2 Å². The highest BCUT2D eigenvalue weighted by Gasteiger charge is 2.37. The molecule has 0 aromatic heterocycles. The van der Waals surface area contributed by atoms with Crippen LogP contribution in [-0.2, 0) is 21.2 Å². The van der Waals surface area contributed by atoms with Crippen LogP contribution in [0.5, 0.6) is 5.75 Å². The first-order valence-electron chi connectivity index (χ1n) is 8.78. The van der Waals surface area contributed by atoms with Crippen molar-refractivity contribution in [1.29, 1.82) is 0 Å². The number of carbonyl (C=O) groups is 1. The molecule has 27 heavy (non-hydrogen) atoms. The third-order valence-corrected chi connectivity index (χ3v) is 6.08. The maximum absolute atomic E-state index is 13.3. The molecule has 0 fully saturated rings. The van der Waals surface area contributed by atoms with Crippen LogP contribution in [0.25, 0.3) is 0 Å². The second-order valence-electron chi connectivity index (χ2n) is 6.82. The maximum Gasteiger partial charge on any atom is 0.250 e. The summed E-state index contributed by atoms with van der Waals surface area (Å²) in [6.07, 6.45) is 1.87. The Labute approximate surface area is 160 Å². The van der Waals surface area contributed by atoms with Gasteiger partial charge >= 0.3 is 0 Å². The van der Waals surface area contributed by atoms with Gasteiger partial charge in [-0.05, 0) is 56.2 Å². The Balaban J connectivity index is 1.97. The number of para-hydroxylation sites is 1. The minimum absolute atomic E-state index is 0.0189. The molecule has 2 atom stereocenters. The number of benzene rings is 2. The summed E-state index contributed by atoms with van der Waals surface area (Å²) in [5.74, 6) is 0.377. The molecule has 1 heterocycles. The minimum Gasteiger partial charge on any atom is -0.497 e. The van der Waals surface area contributed by atoms with Crippen molar-refractivity contribution in [2.45, 2.75) is 32.4 Å². The lowest BCUT2D eigenvalue weighted by atomic mass is 10.1. The summed E-state index contributed by atoms with van der Waals surface area (Å²) in [5.41, 5.74) is 2.38. The molecule has 6 nitrogen and oxygen atoms in total. The highest BCUT2D eigenvalue weighted by atomic mass is 32.2. The van der Waals surface area contributed by atoms with Gasteiger partial charge in [-0.2, -0.15) is 0 Å². The molecule has 0 N–H and O–H groups in total. The van der Waals surface area contributed by atoms with E-state index in [0.717, 1.165) is 23.9 Å². The van der Waals surface area contributed by atoms with Crippen LogP contribution < -0.4 is 13.9 Å². The Kier molecular flexibility index (Phi) is 5.15. The number of anilines is 2. The van der Waals surface area contributed by atoms with Gasteiger partial charge in [0.2, 0.25) is 10.0 Å². The van der Waals surface area contributed by atoms with Crippen molar-refractivity contribution in [2.75, 3.05) is 22.6 Å². The highest BCUT2D eigenvalue weighted by molar-refractivity contribution is 7.92. The normalized spacial score (nSPS) is 17.3. The molecule has 0 unspecified atom stereocenters. The molecule has 1 aliphatic heterocycles. The third kappa shape index (κ3) is 3.64. The SMILES string of the molecule is COc1ccc(N([C@H](C)C(=O)N2c3ccccc3C[C@@H]2C)S(C)(=O)=O)cc1. The van der Waals surface area contributed by atoms with Gasteiger partial charge < -0.3 is 9.64 Å². The standard InChI is InChI=1S/C20H24N2O4S/c1-14-13-16-7-5-6-8-19(16)21(14)20(23)15(2)22(27(4,24)25)17-9-11-18(26-3)12-10-17/h5-12,14-15H,13H2,1-4H3/t14-,15+/m0/s1. The molecule has 0 bridgehead atoms. The molecule has 0 saturated carbocycles. The van der Waals surface area contributed by atoms with E-state index in [-0.39, 0.29) is 11.9 Å². The lowest BCUT2D eigenvalue weighted by Crippen LogP contribution is -2.51. The molecular formula is C20H24N2O4S. The van der Waals surface area contributed by atoms with Crippen LogP contribution in [0.3, 0.4) is 0 Å². The molecule has 2 aromatic rings. The first kappa shape index (κ1) is 19.2. The van der Waals surface area contributed by atoms with Gasteiger partial charge in [0.1, 0.15) is 11.8 Å². The van der Waals surface area contributed by atoms with E-state index in [1.54, 1.807) is 43.2 Å². The monoisotopic (exact) mass is 388 g/mol. The third-order valence-electron chi connectivity index (χ3n) is 4.84. The molecule has 0 spiro atoms. The first-order chi connectivity index (χ1) is 12.7. The summed E-state index contributed by atoms with van der Waals surface area (Å²) in [5, 5.41) is 0. The van der Waals surface area contributed by atoms with Crippen LogP contribution in [-0.4, -0.2) is 39.8 Å². The molecule has 7 heteroatoms.